The Morgan fingerprint density at radius 3 is 2.59 bits per heavy atom. The van der Waals surface area contributed by atoms with Gasteiger partial charge in [0, 0.05) is 30.6 Å². The summed E-state index contributed by atoms with van der Waals surface area (Å²) in [5.41, 5.74) is 1.87. The van der Waals surface area contributed by atoms with Gasteiger partial charge in [0.15, 0.2) is 0 Å². The molecule has 2 aliphatic heterocycles. The van der Waals surface area contributed by atoms with Gasteiger partial charge in [0.2, 0.25) is 0 Å². The van der Waals surface area contributed by atoms with Crippen LogP contribution in [0.3, 0.4) is 0 Å². The third kappa shape index (κ3) is 4.84. The molecule has 0 unspecified atom stereocenters. The van der Waals surface area contributed by atoms with Gasteiger partial charge < -0.3 is 14.8 Å². The smallest absolute Gasteiger partial charge is 0.138 e. The zero-order valence-corrected chi connectivity index (χ0v) is 19.2. The van der Waals surface area contributed by atoms with E-state index in [-0.39, 0.29) is 0 Å². The van der Waals surface area contributed by atoms with Crippen LogP contribution in [0.5, 0.6) is 5.75 Å². The summed E-state index contributed by atoms with van der Waals surface area (Å²) in [4.78, 5) is 12.5. The number of anilines is 1. The van der Waals surface area contributed by atoms with Crippen LogP contribution in [0.25, 0.3) is 10.9 Å². The molecule has 0 spiro atoms. The van der Waals surface area contributed by atoms with Gasteiger partial charge in [-0.05, 0) is 63.7 Å². The first-order chi connectivity index (χ1) is 15.8. The first-order valence-corrected chi connectivity index (χ1v) is 12.3. The molecule has 2 aromatic rings. The standard InChI is InChI=1S/C26H34N4O2/c1-31-24-18-22-23(17-20(24)9-6-14-30-12-4-5-13-30)28-25(19-7-2-3-8-19)29-26(22)27-21-10-15-32-16-11-21/h17-19,21H,2-5,7-8,10-16H2,1H3,(H,27,28,29). The van der Waals surface area contributed by atoms with Crippen molar-refractivity contribution in [2.24, 2.45) is 0 Å². The fraction of sp³-hybridized carbons (Fsp3) is 0.615. The van der Waals surface area contributed by atoms with Crippen LogP contribution < -0.4 is 10.1 Å². The molecule has 3 heterocycles. The highest BCUT2D eigenvalue weighted by molar-refractivity contribution is 5.92. The van der Waals surface area contributed by atoms with E-state index in [1.54, 1.807) is 7.11 Å². The second-order valence-corrected chi connectivity index (χ2v) is 9.30. The minimum absolute atomic E-state index is 0.379. The van der Waals surface area contributed by atoms with Crippen molar-refractivity contribution in [1.82, 2.24) is 14.9 Å². The Labute approximate surface area is 191 Å². The van der Waals surface area contributed by atoms with E-state index in [9.17, 15) is 0 Å². The first kappa shape index (κ1) is 21.5. The predicted octanol–water partition coefficient (Wildman–Crippen LogP) is 4.33. The van der Waals surface area contributed by atoms with Gasteiger partial charge in [0.1, 0.15) is 17.4 Å². The van der Waals surface area contributed by atoms with Gasteiger partial charge in [-0.3, -0.25) is 4.90 Å². The molecule has 1 aromatic heterocycles. The summed E-state index contributed by atoms with van der Waals surface area (Å²) < 4.78 is 11.3. The molecular weight excluding hydrogens is 400 g/mol. The van der Waals surface area contributed by atoms with Crippen molar-refractivity contribution in [2.75, 3.05) is 45.3 Å². The van der Waals surface area contributed by atoms with Crippen molar-refractivity contribution < 1.29 is 9.47 Å². The molecule has 3 fully saturated rings. The maximum Gasteiger partial charge on any atom is 0.138 e. The summed E-state index contributed by atoms with van der Waals surface area (Å²) in [5, 5.41) is 4.72. The first-order valence-electron chi connectivity index (χ1n) is 12.3. The highest BCUT2D eigenvalue weighted by Crippen LogP contribution is 2.36. The molecule has 1 aromatic carbocycles. The third-order valence-corrected chi connectivity index (χ3v) is 7.04. The molecule has 1 N–H and O–H groups in total. The monoisotopic (exact) mass is 434 g/mol. The van der Waals surface area contributed by atoms with Crippen LogP contribution in [0.15, 0.2) is 12.1 Å². The second kappa shape index (κ2) is 10.1. The van der Waals surface area contributed by atoms with Crippen molar-refractivity contribution in [1.29, 1.82) is 0 Å². The SMILES string of the molecule is COc1cc2c(NC3CCOCC3)nc(C3CCCC3)nc2cc1C#CCN1CCCC1. The number of aromatic nitrogens is 2. The van der Waals surface area contributed by atoms with Crippen molar-refractivity contribution in [2.45, 2.75) is 63.3 Å². The van der Waals surface area contributed by atoms with Gasteiger partial charge in [-0.1, -0.05) is 24.7 Å². The fourth-order valence-corrected chi connectivity index (χ4v) is 5.14. The van der Waals surface area contributed by atoms with E-state index in [4.69, 9.17) is 19.4 Å². The number of hydrogen-bond donors (Lipinski definition) is 1. The molecule has 1 aliphatic carbocycles. The molecule has 0 atom stereocenters. The van der Waals surface area contributed by atoms with Gasteiger partial charge in [-0.15, -0.1) is 0 Å². The summed E-state index contributed by atoms with van der Waals surface area (Å²) in [5.74, 6) is 9.87. The van der Waals surface area contributed by atoms with Crippen molar-refractivity contribution >= 4 is 16.7 Å². The maximum atomic E-state index is 5.73. The molecule has 3 aliphatic rings. The normalized spacial score (nSPS) is 20.4. The molecule has 2 saturated heterocycles. The average molecular weight is 435 g/mol. The summed E-state index contributed by atoms with van der Waals surface area (Å²) in [6.07, 6.45) is 9.47. The predicted molar refractivity (Wildman–Crippen MR) is 127 cm³/mol. The van der Waals surface area contributed by atoms with Gasteiger partial charge in [-0.25, -0.2) is 9.97 Å². The molecule has 0 radical (unpaired) electrons. The minimum atomic E-state index is 0.379. The summed E-state index contributed by atoms with van der Waals surface area (Å²) >= 11 is 0. The van der Waals surface area contributed by atoms with Crippen molar-refractivity contribution in [3.8, 4) is 17.6 Å². The quantitative estimate of drug-likeness (QED) is 0.707. The zero-order valence-electron chi connectivity index (χ0n) is 19.2. The summed E-state index contributed by atoms with van der Waals surface area (Å²) in [6, 6.07) is 4.54. The van der Waals surface area contributed by atoms with E-state index >= 15 is 0 Å². The Morgan fingerprint density at radius 2 is 1.84 bits per heavy atom. The van der Waals surface area contributed by atoms with E-state index in [1.165, 1.54) is 38.5 Å². The highest BCUT2D eigenvalue weighted by atomic mass is 16.5. The second-order valence-electron chi connectivity index (χ2n) is 9.30. The number of hydrogen-bond acceptors (Lipinski definition) is 6. The number of rotatable bonds is 5. The Hall–Kier alpha value is -2.36. The minimum Gasteiger partial charge on any atom is -0.495 e. The van der Waals surface area contributed by atoms with Crippen LogP contribution in [0.1, 0.15) is 68.7 Å². The number of ether oxygens (including phenoxy) is 2. The van der Waals surface area contributed by atoms with Crippen LogP contribution in [-0.2, 0) is 4.74 Å². The summed E-state index contributed by atoms with van der Waals surface area (Å²) in [7, 11) is 1.71. The lowest BCUT2D eigenvalue weighted by Crippen LogP contribution is -2.28. The Bertz CT molecular complexity index is 994. The van der Waals surface area contributed by atoms with E-state index < -0.39 is 0 Å². The molecule has 5 rings (SSSR count). The van der Waals surface area contributed by atoms with E-state index in [1.807, 2.05) is 0 Å². The fourth-order valence-electron chi connectivity index (χ4n) is 5.14. The highest BCUT2D eigenvalue weighted by Gasteiger charge is 2.23. The molecule has 170 valence electrons. The van der Waals surface area contributed by atoms with E-state index in [2.05, 4.69) is 34.2 Å². The Morgan fingerprint density at radius 1 is 1.06 bits per heavy atom. The van der Waals surface area contributed by atoms with Crippen molar-refractivity contribution in [3.63, 3.8) is 0 Å². The number of likely N-dealkylation sites (tertiary alicyclic amines) is 1. The molecule has 6 nitrogen and oxygen atoms in total. The van der Waals surface area contributed by atoms with Crippen molar-refractivity contribution in [3.05, 3.63) is 23.5 Å². The third-order valence-electron chi connectivity index (χ3n) is 7.04. The van der Waals surface area contributed by atoms with Crippen LogP contribution in [0, 0.1) is 11.8 Å². The van der Waals surface area contributed by atoms with E-state index in [0.29, 0.717) is 12.0 Å². The lowest BCUT2D eigenvalue weighted by molar-refractivity contribution is 0.0904. The largest absolute Gasteiger partial charge is 0.495 e. The van der Waals surface area contributed by atoms with E-state index in [0.717, 1.165) is 79.5 Å². The van der Waals surface area contributed by atoms with Gasteiger partial charge in [0.25, 0.3) is 0 Å². The van der Waals surface area contributed by atoms with Crippen LogP contribution >= 0.6 is 0 Å². The number of nitrogens with one attached hydrogen (secondary N) is 1. The number of fused-ring (bicyclic) bond motifs is 1. The van der Waals surface area contributed by atoms with Gasteiger partial charge >= 0.3 is 0 Å². The molecular formula is C26H34N4O2. The van der Waals surface area contributed by atoms with Gasteiger partial charge in [-0.2, -0.15) is 0 Å². The number of benzene rings is 1. The zero-order chi connectivity index (χ0) is 21.8. The molecule has 0 amide bonds. The summed E-state index contributed by atoms with van der Waals surface area (Å²) in [6.45, 7) is 4.73. The average Bonchev–Trinajstić information content (AvgIpc) is 3.54. The number of methoxy groups -OCH3 is 1. The maximum absolute atomic E-state index is 5.73. The van der Waals surface area contributed by atoms with Crippen LogP contribution in [0.2, 0.25) is 0 Å². The van der Waals surface area contributed by atoms with Gasteiger partial charge in [0.05, 0.1) is 24.7 Å². The molecule has 1 saturated carbocycles. The Kier molecular flexibility index (Phi) is 6.75. The van der Waals surface area contributed by atoms with Crippen LogP contribution in [0.4, 0.5) is 5.82 Å². The molecule has 6 heteroatoms. The lowest BCUT2D eigenvalue weighted by atomic mass is 10.0. The number of nitrogens with zero attached hydrogens (tertiary/aromatic N) is 3. The lowest BCUT2D eigenvalue weighted by Gasteiger charge is -2.25. The van der Waals surface area contributed by atoms with Crippen LogP contribution in [-0.4, -0.2) is 60.9 Å². The molecule has 0 bridgehead atoms. The topological polar surface area (TPSA) is 59.5 Å². The Balaban J connectivity index is 1.51. The molecule has 32 heavy (non-hydrogen) atoms.